The van der Waals surface area contributed by atoms with Crippen molar-refractivity contribution in [2.75, 3.05) is 13.7 Å². The normalized spacial score (nSPS) is 14.7. The summed E-state index contributed by atoms with van der Waals surface area (Å²) in [6, 6.07) is -7.99. The van der Waals surface area contributed by atoms with Crippen LogP contribution in [0.3, 0.4) is 0 Å². The first-order valence-corrected chi connectivity index (χ1v) is 25.8. The Morgan fingerprint density at radius 2 is 0.892 bits per heavy atom. The zero-order chi connectivity index (χ0) is 57.6. The third-order valence-corrected chi connectivity index (χ3v) is 11.5. The molecule has 0 aliphatic carbocycles. The first-order chi connectivity index (χ1) is 34.0. The Morgan fingerprint density at radius 1 is 0.473 bits per heavy atom. The Hall–Kier alpha value is -6.03. The topological polar surface area (TPSA) is 327 Å². The average Bonchev–Trinajstić information content (AvgIpc) is 3.26. The lowest BCUT2D eigenvalue weighted by Crippen LogP contribution is -2.64. The molecule has 23 nitrogen and oxygen atoms in total. The van der Waals surface area contributed by atoms with Gasteiger partial charge in [0.05, 0.1) is 7.11 Å². The number of carbonyl (C=O) groups excluding carboxylic acids is 11. The predicted molar refractivity (Wildman–Crippen MR) is 278 cm³/mol. The van der Waals surface area contributed by atoms with Crippen LogP contribution in [0.15, 0.2) is 0 Å². The van der Waals surface area contributed by atoms with Crippen molar-refractivity contribution in [3.63, 3.8) is 0 Å². The minimum absolute atomic E-state index is 0.0493. The van der Waals surface area contributed by atoms with Gasteiger partial charge in [0.15, 0.2) is 0 Å². The van der Waals surface area contributed by atoms with Gasteiger partial charge in [0.2, 0.25) is 53.2 Å². The molecule has 0 aromatic heterocycles. The van der Waals surface area contributed by atoms with Gasteiger partial charge in [-0.1, -0.05) is 82.1 Å². The Balaban J connectivity index is 5.97. The maximum Gasteiger partial charge on any atom is 0.408 e. The number of ether oxygens (including phenoxy) is 2. The Morgan fingerprint density at radius 3 is 1.31 bits per heavy atom. The summed E-state index contributed by atoms with van der Waals surface area (Å²) in [5, 5.41) is 26.2. The number of hydrogen-bond donors (Lipinski definition) is 10. The molecule has 0 fully saturated rings. The van der Waals surface area contributed by atoms with E-state index in [2.05, 4.69) is 53.2 Å². The average molecular weight is 1050 g/mol. The fourth-order valence-electron chi connectivity index (χ4n) is 7.55. The molecule has 0 aromatic rings. The molecule has 0 heterocycles. The quantitative estimate of drug-likeness (QED) is 0.0461. The van der Waals surface area contributed by atoms with Crippen molar-refractivity contribution in [2.45, 2.75) is 222 Å². The lowest BCUT2D eigenvalue weighted by molar-refractivity contribution is -0.146. The summed E-state index contributed by atoms with van der Waals surface area (Å²) in [7, 11) is 1.21. The van der Waals surface area contributed by atoms with Crippen molar-refractivity contribution in [2.24, 2.45) is 23.7 Å². The van der Waals surface area contributed by atoms with E-state index in [1.165, 1.54) is 41.7 Å². The van der Waals surface area contributed by atoms with E-state index >= 15 is 0 Å². The van der Waals surface area contributed by atoms with Gasteiger partial charge in [-0.05, 0) is 105 Å². The Labute approximate surface area is 438 Å². The molecule has 0 saturated heterocycles. The number of carbonyl (C=O) groups is 11. The van der Waals surface area contributed by atoms with E-state index in [0.29, 0.717) is 19.3 Å². The lowest BCUT2D eigenvalue weighted by Gasteiger charge is -2.34. The molecule has 424 valence electrons. The number of nitrogens with one attached hydrogen (secondary N) is 10. The highest BCUT2D eigenvalue weighted by Gasteiger charge is 2.41. The van der Waals surface area contributed by atoms with Crippen molar-refractivity contribution >= 4 is 65.2 Å². The summed E-state index contributed by atoms with van der Waals surface area (Å²) < 4.78 is 10.0. The van der Waals surface area contributed by atoms with Crippen molar-refractivity contribution in [1.82, 2.24) is 53.2 Å². The van der Waals surface area contributed by atoms with Gasteiger partial charge in [-0.2, -0.15) is 0 Å². The summed E-state index contributed by atoms with van der Waals surface area (Å²) in [5.74, 6) is -8.01. The van der Waals surface area contributed by atoms with Gasteiger partial charge >= 0.3 is 12.1 Å². The third kappa shape index (κ3) is 23.9. The van der Waals surface area contributed by atoms with E-state index in [9.17, 15) is 52.7 Å². The summed E-state index contributed by atoms with van der Waals surface area (Å²) in [5.41, 5.74) is -3.87. The summed E-state index contributed by atoms with van der Waals surface area (Å²) in [6.45, 7) is 29.3. The molecule has 0 radical (unpaired) electrons. The van der Waals surface area contributed by atoms with Gasteiger partial charge < -0.3 is 62.6 Å². The predicted octanol–water partition coefficient (Wildman–Crippen LogP) is 1.89. The molecule has 23 heteroatoms. The Bertz CT molecular complexity index is 1940. The van der Waals surface area contributed by atoms with E-state index in [1.54, 1.807) is 48.5 Å². The van der Waals surface area contributed by atoms with E-state index < -0.39 is 143 Å². The highest BCUT2D eigenvalue weighted by atomic mass is 16.6. The van der Waals surface area contributed by atoms with Gasteiger partial charge in [-0.25, -0.2) is 9.59 Å². The fourth-order valence-corrected chi connectivity index (χ4v) is 7.55. The van der Waals surface area contributed by atoms with Crippen LogP contribution < -0.4 is 53.2 Å². The number of esters is 1. The third-order valence-electron chi connectivity index (χ3n) is 11.5. The summed E-state index contributed by atoms with van der Waals surface area (Å²) in [6.07, 6.45) is 1.02. The molecule has 0 aliphatic heterocycles. The second kappa shape index (κ2) is 31.0. The smallest absolute Gasteiger partial charge is 0.408 e. The molecule has 10 N–H and O–H groups in total. The molecule has 0 bridgehead atoms. The van der Waals surface area contributed by atoms with Gasteiger partial charge in [-0.3, -0.25) is 43.2 Å². The fraction of sp³-hybridized carbons (Fsp3) is 0.784. The SMILES string of the molecule is CCCC(CCC)(NC(=O)CNC(=O)OC(C)(C)C)C(=O)N[C@@H](C)C(=O)N[C@H](C(=O)N[C@@H](C)C(=O)N[C@@H](CC(C)C)C(=O)NC(C)(C)C(=O)N[C@H](C(=O)N[C@@H](C)C(=O)N[C@@H](CC(C)C)C(=O)OC)C(C)C)C(C)C. The number of rotatable bonds is 30. The molecular formula is C51H92N10O13. The molecule has 0 saturated carbocycles. The molecule has 10 amide bonds. The maximum atomic E-state index is 13.9. The number of amides is 10. The van der Waals surface area contributed by atoms with E-state index in [0.717, 1.165) is 0 Å². The monoisotopic (exact) mass is 1050 g/mol. The van der Waals surface area contributed by atoms with Gasteiger partial charge in [-0.15, -0.1) is 0 Å². The van der Waals surface area contributed by atoms with Crippen LogP contribution in [0, 0.1) is 23.7 Å². The van der Waals surface area contributed by atoms with Crippen LogP contribution in [0.1, 0.15) is 163 Å². The number of alkyl carbamates (subject to hydrolysis) is 1. The molecule has 0 aromatic carbocycles. The number of methoxy groups -OCH3 is 1. The van der Waals surface area contributed by atoms with E-state index in [1.807, 2.05) is 41.5 Å². The molecular weight excluding hydrogens is 961 g/mol. The second-order valence-corrected chi connectivity index (χ2v) is 22.1. The van der Waals surface area contributed by atoms with Crippen molar-refractivity contribution in [1.29, 1.82) is 0 Å². The maximum absolute atomic E-state index is 13.9. The van der Waals surface area contributed by atoms with Crippen molar-refractivity contribution in [3.8, 4) is 0 Å². The standard InChI is InChI=1S/C51H92N10O13/c1-20-22-51(23-21-2,60-36(62)26-52-48(72)74-49(14,15)16)47(71)55-33(13)41(65)58-37(29(7)8)43(67)53-31(11)39(63)56-34(24-27(3)4)42(66)61-50(17,18)46(70)59-38(30(9)10)44(68)54-32(12)40(64)57-35(25-28(5)6)45(69)73-19/h27-35,37-38H,20-26H2,1-19H3,(H,52,72)(H,53,67)(H,54,68)(H,55,71)(H,56,63)(H,57,64)(H,58,65)(H,59,70)(H,60,62)(H,61,66)/t31-,32-,33-,34-,35-,37-,38-/m0/s1. The van der Waals surface area contributed by atoms with Gasteiger partial charge in [0.1, 0.15) is 65.5 Å². The highest BCUT2D eigenvalue weighted by Crippen LogP contribution is 2.21. The first-order valence-electron chi connectivity index (χ1n) is 25.8. The summed E-state index contributed by atoms with van der Waals surface area (Å²) in [4.78, 5) is 146. The minimum atomic E-state index is -1.64. The first kappa shape index (κ1) is 68.0. The number of hydrogen-bond acceptors (Lipinski definition) is 13. The van der Waals surface area contributed by atoms with Crippen LogP contribution in [-0.2, 0) is 57.4 Å². The van der Waals surface area contributed by atoms with Crippen LogP contribution in [0.2, 0.25) is 0 Å². The van der Waals surface area contributed by atoms with Gasteiger partial charge in [0, 0.05) is 0 Å². The molecule has 7 atom stereocenters. The largest absolute Gasteiger partial charge is 0.467 e. The minimum Gasteiger partial charge on any atom is -0.467 e. The van der Waals surface area contributed by atoms with Crippen LogP contribution in [0.5, 0.6) is 0 Å². The van der Waals surface area contributed by atoms with E-state index in [-0.39, 0.29) is 31.1 Å². The molecule has 0 unspecified atom stereocenters. The second-order valence-electron chi connectivity index (χ2n) is 22.1. The molecule has 0 spiro atoms. The Kier molecular flexibility index (Phi) is 28.5. The zero-order valence-corrected chi connectivity index (χ0v) is 47.6. The molecule has 0 rings (SSSR count). The highest BCUT2D eigenvalue weighted by molar-refractivity contribution is 5.99. The van der Waals surface area contributed by atoms with Crippen LogP contribution in [-0.4, -0.2) is 138 Å². The summed E-state index contributed by atoms with van der Waals surface area (Å²) >= 11 is 0. The molecule has 0 aliphatic rings. The molecule has 74 heavy (non-hydrogen) atoms. The van der Waals surface area contributed by atoms with Gasteiger partial charge in [0.25, 0.3) is 0 Å². The van der Waals surface area contributed by atoms with Crippen LogP contribution in [0.4, 0.5) is 4.79 Å². The van der Waals surface area contributed by atoms with Crippen LogP contribution >= 0.6 is 0 Å². The van der Waals surface area contributed by atoms with Crippen LogP contribution in [0.25, 0.3) is 0 Å². The lowest BCUT2D eigenvalue weighted by atomic mass is 9.87. The van der Waals surface area contributed by atoms with Crippen molar-refractivity contribution < 1.29 is 62.2 Å². The zero-order valence-electron chi connectivity index (χ0n) is 47.6. The van der Waals surface area contributed by atoms with Crippen molar-refractivity contribution in [3.05, 3.63) is 0 Å². The van der Waals surface area contributed by atoms with E-state index in [4.69, 9.17) is 9.47 Å².